The number of methoxy groups -OCH3 is 1. The average molecular weight is 280 g/mol. The number of rotatable bonds is 5. The molecule has 2 nitrogen and oxygen atoms in total. The van der Waals surface area contributed by atoms with Gasteiger partial charge in [0, 0.05) is 5.57 Å². The Morgan fingerprint density at radius 1 is 1.05 bits per heavy atom. The molecule has 0 aliphatic rings. The first-order valence-electron chi connectivity index (χ1n) is 7.09. The molecule has 0 N–H and O–H groups in total. The van der Waals surface area contributed by atoms with E-state index < -0.39 is 0 Å². The fourth-order valence-electron chi connectivity index (χ4n) is 2.22. The van der Waals surface area contributed by atoms with Gasteiger partial charge in [-0.3, -0.25) is 0 Å². The Kier molecular flexibility index (Phi) is 5.33. The fourth-order valence-corrected chi connectivity index (χ4v) is 2.22. The second-order valence-corrected chi connectivity index (χ2v) is 5.00. The van der Waals surface area contributed by atoms with Gasteiger partial charge in [-0.05, 0) is 42.5 Å². The van der Waals surface area contributed by atoms with Crippen molar-refractivity contribution in [3.63, 3.8) is 0 Å². The summed E-state index contributed by atoms with van der Waals surface area (Å²) in [4.78, 5) is 12.0. The van der Waals surface area contributed by atoms with Crippen LogP contribution in [0.4, 0.5) is 0 Å². The van der Waals surface area contributed by atoms with Crippen molar-refractivity contribution >= 4 is 12.0 Å². The zero-order chi connectivity index (χ0) is 15.1. The van der Waals surface area contributed by atoms with Crippen LogP contribution in [0.5, 0.6) is 0 Å². The first-order valence-corrected chi connectivity index (χ1v) is 7.09. The highest BCUT2D eigenvalue weighted by Crippen LogP contribution is 2.17. The minimum atomic E-state index is -0.255. The number of benzene rings is 2. The number of hydrogen-bond acceptors (Lipinski definition) is 2. The molecule has 0 aromatic heterocycles. The maximum absolute atomic E-state index is 12.0. The van der Waals surface area contributed by atoms with Gasteiger partial charge in [0.2, 0.25) is 0 Å². The lowest BCUT2D eigenvalue weighted by molar-refractivity contribution is -0.136. The second-order valence-electron chi connectivity index (χ2n) is 5.00. The SMILES string of the molecule is COC(=O)/C(=C/c1ccccc1C)CCc1ccccc1. The molecule has 0 aliphatic heterocycles. The molecule has 0 radical (unpaired) electrons. The molecule has 0 heterocycles. The third kappa shape index (κ3) is 4.32. The first-order chi connectivity index (χ1) is 10.2. The molecule has 0 aliphatic carbocycles. The van der Waals surface area contributed by atoms with E-state index in [4.69, 9.17) is 4.74 Å². The van der Waals surface area contributed by atoms with Crippen molar-refractivity contribution in [2.24, 2.45) is 0 Å². The molecule has 2 heteroatoms. The molecule has 0 saturated heterocycles. The van der Waals surface area contributed by atoms with Gasteiger partial charge in [-0.25, -0.2) is 4.79 Å². The lowest BCUT2D eigenvalue weighted by Crippen LogP contribution is -2.06. The maximum atomic E-state index is 12.0. The smallest absolute Gasteiger partial charge is 0.333 e. The van der Waals surface area contributed by atoms with Gasteiger partial charge in [0.25, 0.3) is 0 Å². The van der Waals surface area contributed by atoms with Crippen molar-refractivity contribution in [3.05, 3.63) is 76.9 Å². The minimum absolute atomic E-state index is 0.255. The summed E-state index contributed by atoms with van der Waals surface area (Å²) in [5.41, 5.74) is 4.14. The van der Waals surface area contributed by atoms with E-state index in [9.17, 15) is 4.79 Å². The van der Waals surface area contributed by atoms with Gasteiger partial charge in [-0.2, -0.15) is 0 Å². The summed E-state index contributed by atoms with van der Waals surface area (Å²) in [6.07, 6.45) is 3.43. The molecule has 2 aromatic rings. The van der Waals surface area contributed by atoms with Crippen molar-refractivity contribution in [1.82, 2.24) is 0 Å². The van der Waals surface area contributed by atoms with Gasteiger partial charge >= 0.3 is 5.97 Å². The number of esters is 1. The molecule has 0 amide bonds. The van der Waals surface area contributed by atoms with E-state index in [-0.39, 0.29) is 5.97 Å². The van der Waals surface area contributed by atoms with Gasteiger partial charge in [0.15, 0.2) is 0 Å². The van der Waals surface area contributed by atoms with E-state index in [1.807, 2.05) is 55.5 Å². The highest BCUT2D eigenvalue weighted by atomic mass is 16.5. The monoisotopic (exact) mass is 280 g/mol. The fraction of sp³-hybridized carbons (Fsp3) is 0.211. The lowest BCUT2D eigenvalue weighted by Gasteiger charge is -2.07. The summed E-state index contributed by atoms with van der Waals surface area (Å²) in [5, 5.41) is 0. The molecular weight excluding hydrogens is 260 g/mol. The number of aryl methyl sites for hydroxylation is 2. The Hall–Kier alpha value is -2.35. The van der Waals surface area contributed by atoms with Crippen LogP contribution in [-0.2, 0) is 16.0 Å². The third-order valence-corrected chi connectivity index (χ3v) is 3.49. The zero-order valence-electron chi connectivity index (χ0n) is 12.5. The van der Waals surface area contributed by atoms with Crippen LogP contribution < -0.4 is 0 Å². The van der Waals surface area contributed by atoms with Crippen LogP contribution in [0.3, 0.4) is 0 Å². The van der Waals surface area contributed by atoms with Crippen molar-refractivity contribution in [2.75, 3.05) is 7.11 Å². The Balaban J connectivity index is 2.19. The lowest BCUT2D eigenvalue weighted by atomic mass is 10.0. The molecule has 0 spiro atoms. The van der Waals surface area contributed by atoms with E-state index >= 15 is 0 Å². The summed E-state index contributed by atoms with van der Waals surface area (Å²) >= 11 is 0. The molecule has 0 saturated carbocycles. The Morgan fingerprint density at radius 3 is 2.38 bits per heavy atom. The summed E-state index contributed by atoms with van der Waals surface area (Å²) in [7, 11) is 1.43. The zero-order valence-corrected chi connectivity index (χ0v) is 12.5. The number of hydrogen-bond donors (Lipinski definition) is 0. The standard InChI is InChI=1S/C19H20O2/c1-15-8-6-7-11-17(15)14-18(19(20)21-2)13-12-16-9-4-3-5-10-16/h3-11,14H,12-13H2,1-2H3/b18-14+. The van der Waals surface area contributed by atoms with Crippen LogP contribution >= 0.6 is 0 Å². The molecule has 2 rings (SSSR count). The number of carbonyl (C=O) groups excluding carboxylic acids is 1. The molecule has 2 aromatic carbocycles. The number of ether oxygens (including phenoxy) is 1. The molecule has 0 bridgehead atoms. The largest absolute Gasteiger partial charge is 0.466 e. The topological polar surface area (TPSA) is 26.3 Å². The normalized spacial score (nSPS) is 11.2. The highest BCUT2D eigenvalue weighted by Gasteiger charge is 2.10. The van der Waals surface area contributed by atoms with Crippen LogP contribution in [0, 0.1) is 6.92 Å². The average Bonchev–Trinajstić information content (AvgIpc) is 2.53. The van der Waals surface area contributed by atoms with Crippen LogP contribution in [-0.4, -0.2) is 13.1 Å². The molecule has 0 unspecified atom stereocenters. The van der Waals surface area contributed by atoms with Crippen LogP contribution in [0.2, 0.25) is 0 Å². The van der Waals surface area contributed by atoms with Crippen molar-refractivity contribution in [2.45, 2.75) is 19.8 Å². The Bertz CT molecular complexity index is 627. The maximum Gasteiger partial charge on any atom is 0.333 e. The van der Waals surface area contributed by atoms with Gasteiger partial charge in [0.05, 0.1) is 7.11 Å². The quantitative estimate of drug-likeness (QED) is 0.606. The predicted octanol–water partition coefficient (Wildman–Crippen LogP) is 4.18. The van der Waals surface area contributed by atoms with Gasteiger partial charge in [0.1, 0.15) is 0 Å². The van der Waals surface area contributed by atoms with Gasteiger partial charge < -0.3 is 4.74 Å². The summed E-state index contributed by atoms with van der Waals surface area (Å²) < 4.78 is 4.91. The van der Waals surface area contributed by atoms with Crippen LogP contribution in [0.15, 0.2) is 60.2 Å². The molecule has 0 atom stereocenters. The van der Waals surface area contributed by atoms with Crippen molar-refractivity contribution < 1.29 is 9.53 Å². The second kappa shape index (κ2) is 7.44. The van der Waals surface area contributed by atoms with E-state index in [1.54, 1.807) is 0 Å². The van der Waals surface area contributed by atoms with Gasteiger partial charge in [-0.15, -0.1) is 0 Å². The Morgan fingerprint density at radius 2 is 1.71 bits per heavy atom. The van der Waals surface area contributed by atoms with Crippen molar-refractivity contribution in [1.29, 1.82) is 0 Å². The summed E-state index contributed by atoms with van der Waals surface area (Å²) in [5.74, 6) is -0.255. The number of carbonyl (C=O) groups is 1. The van der Waals surface area contributed by atoms with E-state index in [1.165, 1.54) is 12.7 Å². The molecule has 0 fully saturated rings. The van der Waals surface area contributed by atoms with Crippen LogP contribution in [0.1, 0.15) is 23.1 Å². The van der Waals surface area contributed by atoms with Crippen molar-refractivity contribution in [3.8, 4) is 0 Å². The minimum Gasteiger partial charge on any atom is -0.466 e. The first kappa shape index (κ1) is 15.0. The van der Waals surface area contributed by atoms with E-state index in [0.717, 1.165) is 17.5 Å². The van der Waals surface area contributed by atoms with E-state index in [2.05, 4.69) is 12.1 Å². The summed E-state index contributed by atoms with van der Waals surface area (Å²) in [6, 6.07) is 18.2. The highest BCUT2D eigenvalue weighted by molar-refractivity contribution is 5.93. The Labute approximate surface area is 126 Å². The third-order valence-electron chi connectivity index (χ3n) is 3.49. The van der Waals surface area contributed by atoms with E-state index in [0.29, 0.717) is 12.0 Å². The molecule has 108 valence electrons. The van der Waals surface area contributed by atoms with Gasteiger partial charge in [-0.1, -0.05) is 54.6 Å². The van der Waals surface area contributed by atoms with Crippen LogP contribution in [0.25, 0.3) is 6.08 Å². The summed E-state index contributed by atoms with van der Waals surface area (Å²) in [6.45, 7) is 2.04. The molecule has 21 heavy (non-hydrogen) atoms. The molecular formula is C19H20O2. The predicted molar refractivity (Wildman–Crippen MR) is 85.9 cm³/mol.